The monoisotopic (exact) mass is 447 g/mol. The minimum atomic E-state index is -0.745. The summed E-state index contributed by atoms with van der Waals surface area (Å²) >= 11 is 0. The minimum absolute atomic E-state index is 0.0920. The summed E-state index contributed by atoms with van der Waals surface area (Å²) in [4.78, 5) is 44.0. The third-order valence-corrected chi connectivity index (χ3v) is 5.85. The number of hydrogen-bond acceptors (Lipinski definition) is 5. The summed E-state index contributed by atoms with van der Waals surface area (Å²) in [5.74, 6) is -0.501. The van der Waals surface area contributed by atoms with Gasteiger partial charge in [0, 0.05) is 19.3 Å². The molecule has 0 saturated heterocycles. The standard InChI is InChI=1S/C24H25N5O4/c1-5-27-19-10-8-16(12-20(19)28(6-2)24(27)33)25-13-18-21(30)26-23(32)29(22(18)31)17-9-7-14(3)15(4)11-17/h7-13,31H,5-6H2,1-4H3,(H,26,30,32). The molecule has 0 radical (unpaired) electrons. The van der Waals surface area contributed by atoms with Gasteiger partial charge in [-0.3, -0.25) is 23.9 Å². The lowest BCUT2D eigenvalue weighted by Gasteiger charge is -2.11. The number of hydrogen-bond donors (Lipinski definition) is 2. The van der Waals surface area contributed by atoms with E-state index in [2.05, 4.69) is 9.98 Å². The number of fused-ring (bicyclic) bond motifs is 1. The van der Waals surface area contributed by atoms with Gasteiger partial charge in [-0.1, -0.05) is 6.07 Å². The van der Waals surface area contributed by atoms with Crippen LogP contribution in [0.3, 0.4) is 0 Å². The number of rotatable bonds is 5. The van der Waals surface area contributed by atoms with Gasteiger partial charge in [0.05, 0.1) is 22.4 Å². The average molecular weight is 447 g/mol. The predicted molar refractivity (Wildman–Crippen MR) is 129 cm³/mol. The molecule has 2 aromatic carbocycles. The summed E-state index contributed by atoms with van der Waals surface area (Å²) in [6, 6.07) is 10.6. The van der Waals surface area contributed by atoms with Crippen LogP contribution in [0.5, 0.6) is 5.88 Å². The van der Waals surface area contributed by atoms with Gasteiger partial charge < -0.3 is 5.11 Å². The van der Waals surface area contributed by atoms with Gasteiger partial charge in [-0.15, -0.1) is 0 Å². The van der Waals surface area contributed by atoms with Gasteiger partial charge in [-0.2, -0.15) is 0 Å². The van der Waals surface area contributed by atoms with Gasteiger partial charge >= 0.3 is 11.4 Å². The van der Waals surface area contributed by atoms with E-state index < -0.39 is 17.1 Å². The number of aromatic hydroxyl groups is 1. The fourth-order valence-electron chi connectivity index (χ4n) is 3.90. The summed E-state index contributed by atoms with van der Waals surface area (Å²) in [5, 5.41) is 10.8. The Labute approximate surface area is 188 Å². The summed E-state index contributed by atoms with van der Waals surface area (Å²) in [6.07, 6.45) is 1.22. The number of imidazole rings is 1. The van der Waals surface area contributed by atoms with Gasteiger partial charge in [0.1, 0.15) is 5.56 Å². The first-order chi connectivity index (χ1) is 15.8. The molecule has 2 N–H and O–H groups in total. The second-order valence-electron chi connectivity index (χ2n) is 7.80. The highest BCUT2D eigenvalue weighted by atomic mass is 16.3. The minimum Gasteiger partial charge on any atom is -0.493 e. The molecule has 0 amide bonds. The van der Waals surface area contributed by atoms with Crippen LogP contribution >= 0.6 is 0 Å². The lowest BCUT2D eigenvalue weighted by Crippen LogP contribution is -2.31. The fourth-order valence-corrected chi connectivity index (χ4v) is 3.90. The lowest BCUT2D eigenvalue weighted by molar-refractivity contribution is 0.430. The molecular formula is C24H25N5O4. The van der Waals surface area contributed by atoms with Crippen LogP contribution in [0.1, 0.15) is 30.5 Å². The topological polar surface area (TPSA) is 114 Å². The maximum atomic E-state index is 12.6. The van der Waals surface area contributed by atoms with Crippen molar-refractivity contribution < 1.29 is 5.11 Å². The normalized spacial score (nSPS) is 11.6. The van der Waals surface area contributed by atoms with E-state index in [0.29, 0.717) is 24.5 Å². The summed E-state index contributed by atoms with van der Waals surface area (Å²) in [6.45, 7) is 8.70. The molecule has 33 heavy (non-hydrogen) atoms. The van der Waals surface area contributed by atoms with Crippen molar-refractivity contribution in [1.82, 2.24) is 18.7 Å². The van der Waals surface area contributed by atoms with Crippen molar-refractivity contribution in [2.75, 3.05) is 0 Å². The Balaban J connectivity index is 1.82. The molecule has 0 aliphatic rings. The number of aromatic amines is 1. The third-order valence-electron chi connectivity index (χ3n) is 5.85. The molecule has 0 fully saturated rings. The zero-order chi connectivity index (χ0) is 23.9. The van der Waals surface area contributed by atoms with Gasteiger partial charge in [-0.25, -0.2) is 14.2 Å². The number of H-pyrrole nitrogens is 1. The van der Waals surface area contributed by atoms with Crippen LogP contribution in [0, 0.1) is 13.8 Å². The Bertz CT molecular complexity index is 1580. The van der Waals surface area contributed by atoms with Crippen LogP contribution in [0.2, 0.25) is 0 Å². The zero-order valence-corrected chi connectivity index (χ0v) is 18.9. The van der Waals surface area contributed by atoms with Crippen LogP contribution in [-0.4, -0.2) is 30.0 Å². The van der Waals surface area contributed by atoms with Crippen molar-refractivity contribution in [1.29, 1.82) is 0 Å². The van der Waals surface area contributed by atoms with Crippen LogP contribution in [0.25, 0.3) is 16.7 Å². The molecule has 0 aliphatic heterocycles. The maximum absolute atomic E-state index is 12.6. The maximum Gasteiger partial charge on any atom is 0.335 e. The fraction of sp³-hybridized carbons (Fsp3) is 0.250. The number of aliphatic imine (C=N–C) groups is 1. The number of aryl methyl sites for hydroxylation is 4. The smallest absolute Gasteiger partial charge is 0.335 e. The summed E-state index contributed by atoms with van der Waals surface area (Å²) < 4.78 is 4.37. The van der Waals surface area contributed by atoms with Crippen molar-refractivity contribution in [2.24, 2.45) is 4.99 Å². The molecule has 170 valence electrons. The van der Waals surface area contributed by atoms with Gasteiger partial charge in [-0.05, 0) is 69.2 Å². The van der Waals surface area contributed by atoms with Crippen molar-refractivity contribution in [3.63, 3.8) is 0 Å². The Morgan fingerprint density at radius 1 is 0.939 bits per heavy atom. The largest absolute Gasteiger partial charge is 0.493 e. The number of nitrogens with zero attached hydrogens (tertiary/aromatic N) is 4. The molecule has 0 atom stereocenters. The van der Waals surface area contributed by atoms with Crippen LogP contribution in [0.15, 0.2) is 55.8 Å². The van der Waals surface area contributed by atoms with E-state index in [1.165, 1.54) is 6.21 Å². The molecule has 0 bridgehead atoms. The summed E-state index contributed by atoms with van der Waals surface area (Å²) in [7, 11) is 0. The molecule has 2 aromatic heterocycles. The van der Waals surface area contributed by atoms with Crippen molar-refractivity contribution >= 4 is 22.9 Å². The highest BCUT2D eigenvalue weighted by Crippen LogP contribution is 2.22. The van der Waals surface area contributed by atoms with Gasteiger partial charge in [0.2, 0.25) is 5.88 Å². The molecule has 9 nitrogen and oxygen atoms in total. The molecular weight excluding hydrogens is 422 g/mol. The molecule has 0 aliphatic carbocycles. The highest BCUT2D eigenvalue weighted by Gasteiger charge is 2.15. The first-order valence-electron chi connectivity index (χ1n) is 10.7. The average Bonchev–Trinajstić information content (AvgIpc) is 3.05. The summed E-state index contributed by atoms with van der Waals surface area (Å²) in [5.41, 5.74) is 2.71. The van der Waals surface area contributed by atoms with Gasteiger partial charge in [0.25, 0.3) is 5.56 Å². The Kier molecular flexibility index (Phi) is 5.63. The first-order valence-corrected chi connectivity index (χ1v) is 10.7. The number of aromatic nitrogens is 4. The van der Waals surface area contributed by atoms with Crippen molar-refractivity contribution in [3.8, 4) is 11.6 Å². The Hall–Kier alpha value is -4.14. The molecule has 2 heterocycles. The predicted octanol–water partition coefficient (Wildman–Crippen LogP) is 2.76. The molecule has 4 rings (SSSR count). The number of benzene rings is 2. The van der Waals surface area contributed by atoms with E-state index in [0.717, 1.165) is 26.7 Å². The molecule has 0 unspecified atom stereocenters. The van der Waals surface area contributed by atoms with Crippen LogP contribution < -0.4 is 16.9 Å². The lowest BCUT2D eigenvalue weighted by atomic mass is 10.1. The molecule has 0 saturated carbocycles. The number of nitrogens with one attached hydrogen (secondary N) is 1. The first kappa shape index (κ1) is 22.1. The van der Waals surface area contributed by atoms with E-state index >= 15 is 0 Å². The highest BCUT2D eigenvalue weighted by molar-refractivity contribution is 5.86. The van der Waals surface area contributed by atoms with Crippen molar-refractivity contribution in [3.05, 3.63) is 84.4 Å². The van der Waals surface area contributed by atoms with E-state index in [-0.39, 0.29) is 11.3 Å². The van der Waals surface area contributed by atoms with Gasteiger partial charge in [0.15, 0.2) is 0 Å². The Morgan fingerprint density at radius 2 is 1.64 bits per heavy atom. The molecule has 0 spiro atoms. The second-order valence-corrected chi connectivity index (χ2v) is 7.80. The molecule has 4 aromatic rings. The SMILES string of the molecule is CCn1c(=O)n(CC)c2cc(N=Cc3c(O)n(-c4ccc(C)c(C)c4)c(=O)[nH]c3=O)ccc21. The van der Waals surface area contributed by atoms with Crippen LogP contribution in [-0.2, 0) is 13.1 Å². The van der Waals surface area contributed by atoms with Crippen molar-refractivity contribution in [2.45, 2.75) is 40.8 Å². The molecule has 9 heteroatoms. The third kappa shape index (κ3) is 3.71. The van der Waals surface area contributed by atoms with Crippen LogP contribution in [0.4, 0.5) is 5.69 Å². The van der Waals surface area contributed by atoms with E-state index in [1.54, 1.807) is 39.5 Å². The van der Waals surface area contributed by atoms with E-state index in [9.17, 15) is 19.5 Å². The zero-order valence-electron chi connectivity index (χ0n) is 18.9. The van der Waals surface area contributed by atoms with E-state index in [1.807, 2.05) is 33.8 Å². The second kappa shape index (κ2) is 8.42. The quantitative estimate of drug-likeness (QED) is 0.458. The Morgan fingerprint density at radius 3 is 2.30 bits per heavy atom. The van der Waals surface area contributed by atoms with E-state index in [4.69, 9.17) is 0 Å².